The summed E-state index contributed by atoms with van der Waals surface area (Å²) in [4.78, 5) is 14.4. The highest BCUT2D eigenvalue weighted by Crippen LogP contribution is 2.18. The first kappa shape index (κ1) is 17.8. The van der Waals surface area contributed by atoms with Gasteiger partial charge in [0.05, 0.1) is 18.3 Å². The van der Waals surface area contributed by atoms with E-state index < -0.39 is 0 Å². The van der Waals surface area contributed by atoms with Crippen LogP contribution < -0.4 is 0 Å². The molecule has 1 N–H and O–H groups in total. The normalized spacial score (nSPS) is 17.3. The van der Waals surface area contributed by atoms with E-state index >= 15 is 0 Å². The summed E-state index contributed by atoms with van der Waals surface area (Å²) in [5.41, 5.74) is 2.56. The quantitative estimate of drug-likeness (QED) is 0.727. The average Bonchev–Trinajstić information content (AvgIpc) is 3.34. The molecule has 2 aromatic heterocycles. The molecule has 0 aliphatic carbocycles. The molecule has 142 valence electrons. The van der Waals surface area contributed by atoms with Crippen molar-refractivity contribution in [1.29, 1.82) is 0 Å². The third-order valence-electron chi connectivity index (χ3n) is 5.28. The molecule has 1 atom stereocenters. The van der Waals surface area contributed by atoms with Gasteiger partial charge >= 0.3 is 0 Å². The van der Waals surface area contributed by atoms with Crippen molar-refractivity contribution in [3.8, 4) is 0 Å². The van der Waals surface area contributed by atoms with E-state index in [1.54, 1.807) is 4.90 Å². The highest BCUT2D eigenvalue weighted by molar-refractivity contribution is 5.92. The van der Waals surface area contributed by atoms with Gasteiger partial charge in [-0.1, -0.05) is 18.2 Å². The molecule has 0 spiro atoms. The molecular formula is C21H26N4O2. The Hall–Kier alpha value is -2.60. The summed E-state index contributed by atoms with van der Waals surface area (Å²) in [5.74, 6) is -0.0503. The van der Waals surface area contributed by atoms with E-state index in [4.69, 9.17) is 4.74 Å². The van der Waals surface area contributed by atoms with Crippen LogP contribution in [0.3, 0.4) is 0 Å². The lowest BCUT2D eigenvalue weighted by Crippen LogP contribution is -2.31. The lowest BCUT2D eigenvalue weighted by molar-refractivity contribution is 0.00705. The summed E-state index contributed by atoms with van der Waals surface area (Å²) in [7, 11) is 1.83. The lowest BCUT2D eigenvalue weighted by Gasteiger charge is -2.24. The fourth-order valence-electron chi connectivity index (χ4n) is 3.68. The zero-order valence-corrected chi connectivity index (χ0v) is 15.7. The number of amides is 1. The standard InChI is InChI=1S/C21H26N4O2/c1-24(11-10-18-7-4-5-13-27-18)21(26)19-14-17(22-23-19)15-25-12-9-16-6-2-3-8-20(16)25/h2-3,6,8-9,12,14,18H,4-5,7,10-11,13,15H2,1H3,(H,22,23)/t18-/m0/s1. The topological polar surface area (TPSA) is 63.1 Å². The van der Waals surface area contributed by atoms with E-state index in [0.717, 1.165) is 31.6 Å². The van der Waals surface area contributed by atoms with Gasteiger partial charge in [-0.15, -0.1) is 0 Å². The van der Waals surface area contributed by atoms with Crippen LogP contribution in [-0.4, -0.2) is 51.9 Å². The number of hydrogen-bond acceptors (Lipinski definition) is 3. The van der Waals surface area contributed by atoms with Gasteiger partial charge in [0.25, 0.3) is 5.91 Å². The van der Waals surface area contributed by atoms with Crippen molar-refractivity contribution in [3.63, 3.8) is 0 Å². The molecule has 3 aromatic rings. The minimum Gasteiger partial charge on any atom is -0.378 e. The number of nitrogens with one attached hydrogen (secondary N) is 1. The smallest absolute Gasteiger partial charge is 0.274 e. The molecule has 0 unspecified atom stereocenters. The molecule has 0 radical (unpaired) electrons. The molecule has 1 aromatic carbocycles. The van der Waals surface area contributed by atoms with E-state index in [0.29, 0.717) is 18.8 Å². The Morgan fingerprint density at radius 2 is 2.22 bits per heavy atom. The van der Waals surface area contributed by atoms with Crippen LogP contribution in [0.15, 0.2) is 42.6 Å². The van der Waals surface area contributed by atoms with Crippen molar-refractivity contribution in [3.05, 3.63) is 54.0 Å². The molecule has 1 saturated heterocycles. The van der Waals surface area contributed by atoms with Crippen molar-refractivity contribution in [2.24, 2.45) is 0 Å². The molecular weight excluding hydrogens is 340 g/mol. The third-order valence-corrected chi connectivity index (χ3v) is 5.28. The van der Waals surface area contributed by atoms with Gasteiger partial charge in [-0.05, 0) is 49.3 Å². The number of nitrogens with zero attached hydrogens (tertiary/aromatic N) is 3. The van der Waals surface area contributed by atoms with Gasteiger partial charge in [-0.25, -0.2) is 0 Å². The largest absolute Gasteiger partial charge is 0.378 e. The summed E-state index contributed by atoms with van der Waals surface area (Å²) in [6, 6.07) is 12.2. The van der Waals surface area contributed by atoms with E-state index in [1.165, 1.54) is 17.3 Å². The van der Waals surface area contributed by atoms with Crippen LogP contribution >= 0.6 is 0 Å². The first-order valence-electron chi connectivity index (χ1n) is 9.66. The molecule has 1 fully saturated rings. The molecule has 3 heterocycles. The molecule has 1 aliphatic rings. The lowest BCUT2D eigenvalue weighted by atomic mass is 10.1. The number of hydrogen-bond donors (Lipinski definition) is 1. The SMILES string of the molecule is CN(CC[C@@H]1CCCCO1)C(=O)c1cc(Cn2ccc3ccccc32)[nH]n1. The molecule has 6 heteroatoms. The number of fused-ring (bicyclic) bond motifs is 1. The van der Waals surface area contributed by atoms with E-state index in [2.05, 4.69) is 39.2 Å². The highest BCUT2D eigenvalue weighted by Gasteiger charge is 2.19. The van der Waals surface area contributed by atoms with E-state index in [9.17, 15) is 4.79 Å². The number of ether oxygens (including phenoxy) is 1. The summed E-state index contributed by atoms with van der Waals surface area (Å²) in [6.45, 7) is 2.19. The number of rotatable bonds is 6. The number of aromatic amines is 1. The van der Waals surface area contributed by atoms with E-state index in [1.807, 2.05) is 25.2 Å². The Labute approximate surface area is 159 Å². The van der Waals surface area contributed by atoms with Crippen LogP contribution in [0.4, 0.5) is 0 Å². The third kappa shape index (κ3) is 4.06. The number of benzene rings is 1. The zero-order valence-electron chi connectivity index (χ0n) is 15.7. The Morgan fingerprint density at radius 1 is 1.33 bits per heavy atom. The second-order valence-electron chi connectivity index (χ2n) is 7.28. The van der Waals surface area contributed by atoms with Crippen LogP contribution in [-0.2, 0) is 11.3 Å². The van der Waals surface area contributed by atoms with Crippen LogP contribution in [0.5, 0.6) is 0 Å². The second kappa shape index (κ2) is 7.96. The predicted molar refractivity (Wildman–Crippen MR) is 105 cm³/mol. The van der Waals surface area contributed by atoms with Gasteiger partial charge in [0, 0.05) is 31.9 Å². The Bertz CT molecular complexity index is 908. The second-order valence-corrected chi connectivity index (χ2v) is 7.28. The molecule has 1 amide bonds. The maximum atomic E-state index is 12.6. The number of para-hydroxylation sites is 1. The van der Waals surface area contributed by atoms with Crippen molar-refractivity contribution < 1.29 is 9.53 Å². The van der Waals surface area contributed by atoms with Crippen molar-refractivity contribution in [2.75, 3.05) is 20.2 Å². The molecule has 0 bridgehead atoms. The van der Waals surface area contributed by atoms with Crippen LogP contribution in [0.2, 0.25) is 0 Å². The Kier molecular flexibility index (Phi) is 5.25. The maximum absolute atomic E-state index is 12.6. The van der Waals surface area contributed by atoms with Crippen LogP contribution in [0.1, 0.15) is 41.9 Å². The molecule has 0 saturated carbocycles. The number of aromatic nitrogens is 3. The molecule has 1 aliphatic heterocycles. The van der Waals surface area contributed by atoms with Gasteiger partial charge in [-0.3, -0.25) is 9.89 Å². The fraction of sp³-hybridized carbons (Fsp3) is 0.429. The summed E-state index contributed by atoms with van der Waals surface area (Å²) >= 11 is 0. The van der Waals surface area contributed by atoms with Crippen molar-refractivity contribution in [2.45, 2.75) is 38.3 Å². The molecule has 27 heavy (non-hydrogen) atoms. The number of carbonyl (C=O) groups excluding carboxylic acids is 1. The fourth-order valence-corrected chi connectivity index (χ4v) is 3.68. The van der Waals surface area contributed by atoms with Crippen LogP contribution in [0, 0.1) is 0 Å². The minimum absolute atomic E-state index is 0.0503. The van der Waals surface area contributed by atoms with Gasteiger partial charge in [0.1, 0.15) is 5.69 Å². The molecule has 6 nitrogen and oxygen atoms in total. The minimum atomic E-state index is -0.0503. The summed E-state index contributed by atoms with van der Waals surface area (Å²) in [5, 5.41) is 8.45. The zero-order chi connectivity index (χ0) is 18.6. The van der Waals surface area contributed by atoms with Crippen molar-refractivity contribution in [1.82, 2.24) is 19.7 Å². The first-order valence-corrected chi connectivity index (χ1v) is 9.66. The monoisotopic (exact) mass is 366 g/mol. The van der Waals surface area contributed by atoms with Crippen molar-refractivity contribution >= 4 is 16.8 Å². The highest BCUT2D eigenvalue weighted by atomic mass is 16.5. The van der Waals surface area contributed by atoms with Gasteiger partial charge in [0.15, 0.2) is 0 Å². The van der Waals surface area contributed by atoms with E-state index in [-0.39, 0.29) is 12.0 Å². The maximum Gasteiger partial charge on any atom is 0.274 e. The summed E-state index contributed by atoms with van der Waals surface area (Å²) < 4.78 is 7.90. The molecule has 4 rings (SSSR count). The van der Waals surface area contributed by atoms with Gasteiger partial charge < -0.3 is 14.2 Å². The predicted octanol–water partition coefficient (Wildman–Crippen LogP) is 3.44. The Morgan fingerprint density at radius 3 is 3.07 bits per heavy atom. The van der Waals surface area contributed by atoms with Gasteiger partial charge in [-0.2, -0.15) is 5.10 Å². The van der Waals surface area contributed by atoms with Crippen LogP contribution in [0.25, 0.3) is 10.9 Å². The summed E-state index contributed by atoms with van der Waals surface area (Å²) in [6.07, 6.45) is 6.69. The first-order chi connectivity index (χ1) is 13.2. The average molecular weight is 366 g/mol. The Balaban J connectivity index is 1.37. The number of carbonyl (C=O) groups is 1. The number of H-pyrrole nitrogens is 1. The van der Waals surface area contributed by atoms with Gasteiger partial charge in [0.2, 0.25) is 0 Å².